The largest absolute Gasteiger partial charge is 0.308 e. The van der Waals surface area contributed by atoms with Crippen molar-refractivity contribution in [2.24, 2.45) is 0 Å². The van der Waals surface area contributed by atoms with Gasteiger partial charge in [0.2, 0.25) is 0 Å². The first-order valence-electron chi connectivity index (χ1n) is 8.55. The van der Waals surface area contributed by atoms with Crippen LogP contribution in [0.25, 0.3) is 10.2 Å². The molecular formula is C19H19FN4O3S. The SMILES string of the molecule is Cc1c(C(=O)N(CCN(C)C)c2nc3c(F)cccc3s2)cccc1[N+](=O)[O-]. The Hall–Kier alpha value is -2.91. The number of hydrogen-bond acceptors (Lipinski definition) is 6. The maximum absolute atomic E-state index is 14.1. The fourth-order valence-electron chi connectivity index (χ4n) is 2.80. The molecule has 3 aromatic rings. The van der Waals surface area contributed by atoms with Crippen molar-refractivity contribution in [1.29, 1.82) is 0 Å². The van der Waals surface area contributed by atoms with E-state index in [-0.39, 0.29) is 16.8 Å². The summed E-state index contributed by atoms with van der Waals surface area (Å²) in [6, 6.07) is 9.07. The fraction of sp³-hybridized carbons (Fsp3) is 0.263. The van der Waals surface area contributed by atoms with Crippen molar-refractivity contribution in [3.8, 4) is 0 Å². The van der Waals surface area contributed by atoms with Crippen molar-refractivity contribution in [3.63, 3.8) is 0 Å². The summed E-state index contributed by atoms with van der Waals surface area (Å²) in [6.45, 7) is 2.42. The molecule has 0 atom stereocenters. The summed E-state index contributed by atoms with van der Waals surface area (Å²) in [5.74, 6) is -0.853. The number of hydrogen-bond donors (Lipinski definition) is 0. The van der Waals surface area contributed by atoms with Crippen molar-refractivity contribution >= 4 is 38.3 Å². The van der Waals surface area contributed by atoms with E-state index in [2.05, 4.69) is 4.98 Å². The number of para-hydroxylation sites is 1. The third kappa shape index (κ3) is 3.85. The molecule has 0 aliphatic heterocycles. The van der Waals surface area contributed by atoms with E-state index in [9.17, 15) is 19.3 Å². The minimum absolute atomic E-state index is 0.117. The van der Waals surface area contributed by atoms with Crippen molar-refractivity contribution in [1.82, 2.24) is 9.88 Å². The highest BCUT2D eigenvalue weighted by atomic mass is 32.1. The van der Waals surface area contributed by atoms with Crippen LogP contribution >= 0.6 is 11.3 Å². The van der Waals surface area contributed by atoms with Gasteiger partial charge in [-0.1, -0.05) is 23.5 Å². The van der Waals surface area contributed by atoms with E-state index >= 15 is 0 Å². The predicted molar refractivity (Wildman–Crippen MR) is 108 cm³/mol. The molecule has 0 aliphatic rings. The number of benzene rings is 2. The van der Waals surface area contributed by atoms with Crippen molar-refractivity contribution in [2.45, 2.75) is 6.92 Å². The number of thiazole rings is 1. The van der Waals surface area contributed by atoms with Gasteiger partial charge in [-0.05, 0) is 39.2 Å². The Morgan fingerprint density at radius 2 is 1.93 bits per heavy atom. The third-order valence-electron chi connectivity index (χ3n) is 4.34. The number of nitro groups is 1. The molecule has 3 rings (SSSR count). The lowest BCUT2D eigenvalue weighted by Gasteiger charge is -2.22. The van der Waals surface area contributed by atoms with E-state index in [1.807, 2.05) is 19.0 Å². The molecule has 0 bridgehead atoms. The molecule has 0 aliphatic carbocycles. The molecule has 0 radical (unpaired) electrons. The van der Waals surface area contributed by atoms with E-state index in [4.69, 9.17) is 0 Å². The lowest BCUT2D eigenvalue weighted by molar-refractivity contribution is -0.385. The van der Waals surface area contributed by atoms with Crippen LogP contribution in [0.3, 0.4) is 0 Å². The van der Waals surface area contributed by atoms with Gasteiger partial charge in [-0.25, -0.2) is 9.37 Å². The second kappa shape index (κ2) is 7.99. The van der Waals surface area contributed by atoms with Crippen LogP contribution in [0.4, 0.5) is 15.2 Å². The average Bonchev–Trinajstić information content (AvgIpc) is 3.06. The molecule has 0 saturated heterocycles. The van der Waals surface area contributed by atoms with E-state index in [0.717, 1.165) is 0 Å². The van der Waals surface area contributed by atoms with Crippen LogP contribution in [0, 0.1) is 22.9 Å². The molecule has 0 fully saturated rings. The number of halogens is 1. The Bertz CT molecular complexity index is 1050. The first-order chi connectivity index (χ1) is 13.3. The molecule has 9 heteroatoms. The number of nitrogens with zero attached hydrogens (tertiary/aromatic N) is 4. The maximum atomic E-state index is 14.1. The van der Waals surface area contributed by atoms with Crippen LogP contribution in [-0.2, 0) is 0 Å². The van der Waals surface area contributed by atoms with Gasteiger partial charge in [0.15, 0.2) is 5.13 Å². The summed E-state index contributed by atoms with van der Waals surface area (Å²) in [5, 5.41) is 11.6. The molecule has 1 amide bonds. The first kappa shape index (κ1) is 19.8. The minimum Gasteiger partial charge on any atom is -0.308 e. The second-order valence-electron chi connectivity index (χ2n) is 6.55. The van der Waals surface area contributed by atoms with Gasteiger partial charge in [0.1, 0.15) is 11.3 Å². The number of carbonyl (C=O) groups is 1. The minimum atomic E-state index is -0.511. The molecule has 28 heavy (non-hydrogen) atoms. The summed E-state index contributed by atoms with van der Waals surface area (Å²) in [7, 11) is 3.75. The molecule has 7 nitrogen and oxygen atoms in total. The number of nitro benzene ring substituents is 1. The van der Waals surface area contributed by atoms with Crippen LogP contribution < -0.4 is 4.90 Å². The summed E-state index contributed by atoms with van der Waals surface area (Å²) < 4.78 is 14.7. The molecule has 1 aromatic heterocycles. The maximum Gasteiger partial charge on any atom is 0.273 e. The zero-order valence-corrected chi connectivity index (χ0v) is 16.5. The lowest BCUT2D eigenvalue weighted by atomic mass is 10.1. The molecule has 0 unspecified atom stereocenters. The van der Waals surface area contributed by atoms with Gasteiger partial charge in [0, 0.05) is 30.3 Å². The van der Waals surface area contributed by atoms with E-state index < -0.39 is 16.6 Å². The van der Waals surface area contributed by atoms with Crippen molar-refractivity contribution in [2.75, 3.05) is 32.1 Å². The van der Waals surface area contributed by atoms with Crippen molar-refractivity contribution in [3.05, 3.63) is 63.5 Å². The highest BCUT2D eigenvalue weighted by Crippen LogP contribution is 2.32. The van der Waals surface area contributed by atoms with Crippen molar-refractivity contribution < 1.29 is 14.1 Å². The average molecular weight is 402 g/mol. The van der Waals surface area contributed by atoms with Gasteiger partial charge in [0.25, 0.3) is 11.6 Å². The second-order valence-corrected chi connectivity index (χ2v) is 7.56. The van der Waals surface area contributed by atoms with Gasteiger partial charge in [-0.15, -0.1) is 0 Å². The van der Waals surface area contributed by atoms with Crippen LogP contribution in [0.1, 0.15) is 15.9 Å². The van der Waals surface area contributed by atoms with Crippen LogP contribution in [-0.4, -0.2) is 47.9 Å². The topological polar surface area (TPSA) is 79.6 Å². The number of amides is 1. The number of carbonyl (C=O) groups excluding carboxylic acids is 1. The summed E-state index contributed by atoms with van der Waals surface area (Å²) in [4.78, 5) is 31.7. The molecule has 0 spiro atoms. The van der Waals surface area contributed by atoms with Gasteiger partial charge in [-0.2, -0.15) is 0 Å². The highest BCUT2D eigenvalue weighted by molar-refractivity contribution is 7.22. The zero-order valence-electron chi connectivity index (χ0n) is 15.7. The van der Waals surface area contributed by atoms with E-state index in [0.29, 0.717) is 28.5 Å². The van der Waals surface area contributed by atoms with E-state index in [1.165, 1.54) is 34.4 Å². The summed E-state index contributed by atoms with van der Waals surface area (Å²) in [6.07, 6.45) is 0. The predicted octanol–water partition coefficient (Wildman–Crippen LogP) is 3.86. The number of rotatable bonds is 6. The Morgan fingerprint density at radius 1 is 1.21 bits per heavy atom. The monoisotopic (exact) mass is 402 g/mol. The van der Waals surface area contributed by atoms with Crippen LogP contribution in [0.15, 0.2) is 36.4 Å². The molecular weight excluding hydrogens is 383 g/mol. The van der Waals surface area contributed by atoms with Crippen LogP contribution in [0.5, 0.6) is 0 Å². The Balaban J connectivity index is 2.07. The molecule has 0 saturated carbocycles. The Labute approximate surface area is 165 Å². The van der Waals surface area contributed by atoms with Crippen LogP contribution in [0.2, 0.25) is 0 Å². The highest BCUT2D eigenvalue weighted by Gasteiger charge is 2.26. The number of aromatic nitrogens is 1. The normalized spacial score (nSPS) is 11.2. The quantitative estimate of drug-likeness (QED) is 0.462. The van der Waals surface area contributed by atoms with Gasteiger partial charge in [0.05, 0.1) is 9.62 Å². The van der Waals surface area contributed by atoms with Gasteiger partial charge < -0.3 is 4.90 Å². The number of anilines is 1. The Morgan fingerprint density at radius 3 is 2.57 bits per heavy atom. The van der Waals surface area contributed by atoms with Gasteiger partial charge in [-0.3, -0.25) is 19.8 Å². The molecule has 146 valence electrons. The molecule has 0 N–H and O–H groups in total. The van der Waals surface area contributed by atoms with Gasteiger partial charge >= 0.3 is 0 Å². The number of likely N-dealkylation sites (N-methyl/N-ethyl adjacent to an activating group) is 1. The lowest BCUT2D eigenvalue weighted by Crippen LogP contribution is -2.37. The smallest absolute Gasteiger partial charge is 0.273 e. The zero-order chi connectivity index (χ0) is 20.4. The Kier molecular flexibility index (Phi) is 5.66. The molecule has 1 heterocycles. The molecule has 2 aromatic carbocycles. The number of fused-ring (bicyclic) bond motifs is 1. The summed E-state index contributed by atoms with van der Waals surface area (Å²) in [5.41, 5.74) is 0.613. The third-order valence-corrected chi connectivity index (χ3v) is 5.38. The fourth-order valence-corrected chi connectivity index (χ4v) is 3.81. The first-order valence-corrected chi connectivity index (χ1v) is 9.37. The standard InChI is InChI=1S/C19H19FN4O3S/c1-12-13(6-4-8-15(12)24(26)27)18(25)23(11-10-22(2)3)19-21-17-14(20)7-5-9-16(17)28-19/h4-9H,10-11H2,1-3H3. The van der Waals surface area contributed by atoms with E-state index in [1.54, 1.807) is 25.1 Å². The summed E-state index contributed by atoms with van der Waals surface area (Å²) >= 11 is 1.21.